The quantitative estimate of drug-likeness (QED) is 0.658. The summed E-state index contributed by atoms with van der Waals surface area (Å²) in [5.41, 5.74) is 0. The maximum atomic E-state index is 6.03. The first kappa shape index (κ1) is 14.1. The molecule has 0 aromatic rings. The highest BCUT2D eigenvalue weighted by Crippen LogP contribution is 2.36. The molecule has 0 N–H and O–H groups in total. The summed E-state index contributed by atoms with van der Waals surface area (Å²) in [5, 5.41) is 0.309. The van der Waals surface area contributed by atoms with Crippen molar-refractivity contribution in [2.24, 2.45) is 0 Å². The fourth-order valence-corrected chi connectivity index (χ4v) is 1.88. The van der Waals surface area contributed by atoms with Crippen molar-refractivity contribution in [3.8, 4) is 0 Å². The average Bonchev–Trinajstić information content (AvgIpc) is 2.01. The Morgan fingerprint density at radius 2 is 1.71 bits per heavy atom. The number of methoxy groups -OCH3 is 1. The van der Waals surface area contributed by atoms with Gasteiger partial charge in [-0.1, -0.05) is 20.8 Å². The molecule has 0 fully saturated rings. The van der Waals surface area contributed by atoms with Crippen molar-refractivity contribution in [1.82, 2.24) is 0 Å². The summed E-state index contributed by atoms with van der Waals surface area (Å²) in [6, 6.07) is 0. The van der Waals surface area contributed by atoms with Gasteiger partial charge in [0.1, 0.15) is 0 Å². The monoisotopic (exact) mass is 218 g/mol. The fraction of sp³-hybridized carbons (Fsp3) is 1.00. The Morgan fingerprint density at radius 3 is 2.07 bits per heavy atom. The van der Waals surface area contributed by atoms with E-state index in [4.69, 9.17) is 9.16 Å². The third-order valence-corrected chi connectivity index (χ3v) is 7.73. The minimum Gasteiger partial charge on any atom is -0.417 e. The van der Waals surface area contributed by atoms with E-state index in [1.165, 1.54) is 0 Å². The lowest BCUT2D eigenvalue weighted by molar-refractivity contribution is 0.0932. The molecule has 2 nitrogen and oxygen atoms in total. The first-order valence-electron chi connectivity index (χ1n) is 5.37. The Bertz CT molecular complexity index is 161. The molecule has 0 saturated heterocycles. The minimum atomic E-state index is -1.54. The molecule has 0 aromatic carbocycles. The molecule has 0 bridgehead atoms. The van der Waals surface area contributed by atoms with Crippen molar-refractivity contribution >= 4 is 8.32 Å². The Morgan fingerprint density at radius 1 is 1.21 bits per heavy atom. The van der Waals surface area contributed by atoms with E-state index in [1.807, 2.05) is 0 Å². The van der Waals surface area contributed by atoms with Gasteiger partial charge in [0.25, 0.3) is 0 Å². The molecule has 0 aliphatic rings. The predicted octanol–water partition coefficient (Wildman–Crippen LogP) is 3.43. The number of hydrogen-bond acceptors (Lipinski definition) is 2. The maximum absolute atomic E-state index is 6.03. The van der Waals surface area contributed by atoms with Crippen molar-refractivity contribution < 1.29 is 9.16 Å². The summed E-state index contributed by atoms with van der Waals surface area (Å²) in [6.45, 7) is 14.3. The molecule has 0 spiro atoms. The molecule has 1 atom stereocenters. The van der Waals surface area contributed by atoms with Crippen LogP contribution in [-0.2, 0) is 9.16 Å². The molecule has 0 aliphatic heterocycles. The van der Waals surface area contributed by atoms with Crippen molar-refractivity contribution in [1.29, 1.82) is 0 Å². The summed E-state index contributed by atoms with van der Waals surface area (Å²) < 4.78 is 11.2. The Kier molecular flexibility index (Phi) is 5.34. The van der Waals surface area contributed by atoms with Crippen molar-refractivity contribution in [3.05, 3.63) is 0 Å². The smallest absolute Gasteiger partial charge is 0.191 e. The van der Waals surface area contributed by atoms with Crippen molar-refractivity contribution in [2.45, 2.75) is 58.4 Å². The van der Waals surface area contributed by atoms with Crippen LogP contribution >= 0.6 is 0 Å². The van der Waals surface area contributed by atoms with Crippen LogP contribution in [-0.4, -0.2) is 28.1 Å². The first-order valence-corrected chi connectivity index (χ1v) is 8.28. The van der Waals surface area contributed by atoms with Crippen LogP contribution in [0, 0.1) is 0 Å². The molecule has 14 heavy (non-hydrogen) atoms. The third kappa shape index (κ3) is 4.58. The lowest BCUT2D eigenvalue weighted by atomic mass is 10.2. The van der Waals surface area contributed by atoms with Gasteiger partial charge < -0.3 is 9.16 Å². The first-order chi connectivity index (χ1) is 6.20. The Balaban J connectivity index is 3.89. The topological polar surface area (TPSA) is 18.5 Å². The van der Waals surface area contributed by atoms with Crippen LogP contribution in [0.2, 0.25) is 18.1 Å². The number of rotatable bonds is 5. The zero-order valence-electron chi connectivity index (χ0n) is 10.8. The molecule has 3 heteroatoms. The van der Waals surface area contributed by atoms with Gasteiger partial charge in [0, 0.05) is 13.7 Å². The van der Waals surface area contributed by atoms with Crippen molar-refractivity contribution in [2.75, 3.05) is 13.7 Å². The molecule has 0 heterocycles. The summed E-state index contributed by atoms with van der Waals surface area (Å²) in [6.07, 6.45) is 1.29. The largest absolute Gasteiger partial charge is 0.417 e. The molecule has 0 saturated carbocycles. The zero-order valence-corrected chi connectivity index (χ0v) is 11.8. The second kappa shape index (κ2) is 5.28. The highest BCUT2D eigenvalue weighted by Gasteiger charge is 2.36. The van der Waals surface area contributed by atoms with Crippen LogP contribution in [0.25, 0.3) is 0 Å². The standard InChI is InChI=1S/C11H26O2Si/c1-10(12-5)8-9-13-14(6,7)11(2,3)4/h10H,8-9H2,1-7H3. The Hall–Kier alpha value is 0.137. The molecule has 0 radical (unpaired) electrons. The van der Waals surface area contributed by atoms with E-state index >= 15 is 0 Å². The normalized spacial score (nSPS) is 15.6. The van der Waals surface area contributed by atoms with E-state index in [-0.39, 0.29) is 0 Å². The van der Waals surface area contributed by atoms with E-state index < -0.39 is 8.32 Å². The van der Waals surface area contributed by atoms with Crippen LogP contribution in [0.4, 0.5) is 0 Å². The van der Waals surface area contributed by atoms with Gasteiger partial charge in [-0.2, -0.15) is 0 Å². The second-order valence-corrected chi connectivity index (χ2v) is 10.3. The van der Waals surface area contributed by atoms with Crippen LogP contribution < -0.4 is 0 Å². The summed E-state index contributed by atoms with van der Waals surface area (Å²) in [7, 11) is 0.207. The van der Waals surface area contributed by atoms with Gasteiger partial charge in [0.05, 0.1) is 6.10 Å². The maximum Gasteiger partial charge on any atom is 0.191 e. The van der Waals surface area contributed by atoms with Crippen LogP contribution in [0.3, 0.4) is 0 Å². The molecule has 0 aliphatic carbocycles. The highest BCUT2D eigenvalue weighted by molar-refractivity contribution is 6.74. The molecular formula is C11H26O2Si. The zero-order chi connectivity index (χ0) is 11.4. The number of hydrogen-bond donors (Lipinski definition) is 0. The van der Waals surface area contributed by atoms with E-state index in [0.29, 0.717) is 11.1 Å². The van der Waals surface area contributed by atoms with E-state index in [0.717, 1.165) is 13.0 Å². The van der Waals surface area contributed by atoms with Crippen LogP contribution in [0.5, 0.6) is 0 Å². The summed E-state index contributed by atoms with van der Waals surface area (Å²) >= 11 is 0. The predicted molar refractivity (Wildman–Crippen MR) is 64.2 cm³/mol. The molecule has 1 unspecified atom stereocenters. The van der Waals surface area contributed by atoms with Gasteiger partial charge in [-0.15, -0.1) is 0 Å². The van der Waals surface area contributed by atoms with Gasteiger partial charge in [-0.3, -0.25) is 0 Å². The summed E-state index contributed by atoms with van der Waals surface area (Å²) in [5.74, 6) is 0. The van der Waals surface area contributed by atoms with Crippen molar-refractivity contribution in [3.63, 3.8) is 0 Å². The second-order valence-electron chi connectivity index (χ2n) is 5.44. The van der Waals surface area contributed by atoms with E-state index in [1.54, 1.807) is 7.11 Å². The molecule has 0 amide bonds. The molecule has 0 aromatic heterocycles. The lowest BCUT2D eigenvalue weighted by Crippen LogP contribution is -2.41. The van der Waals surface area contributed by atoms with Gasteiger partial charge in [-0.25, -0.2) is 0 Å². The van der Waals surface area contributed by atoms with E-state index in [2.05, 4.69) is 40.8 Å². The lowest BCUT2D eigenvalue weighted by Gasteiger charge is -2.36. The Labute approximate surface area is 90.1 Å². The van der Waals surface area contributed by atoms with Gasteiger partial charge in [0.2, 0.25) is 0 Å². The minimum absolute atomic E-state index is 0.305. The third-order valence-electron chi connectivity index (χ3n) is 3.20. The molecule has 0 rings (SSSR count). The summed E-state index contributed by atoms with van der Waals surface area (Å²) in [4.78, 5) is 0. The van der Waals surface area contributed by atoms with E-state index in [9.17, 15) is 0 Å². The van der Waals surface area contributed by atoms with Gasteiger partial charge in [-0.05, 0) is 31.5 Å². The van der Waals surface area contributed by atoms with Gasteiger partial charge >= 0.3 is 0 Å². The fourth-order valence-electron chi connectivity index (χ4n) is 0.814. The number of ether oxygens (including phenoxy) is 1. The van der Waals surface area contributed by atoms with Crippen LogP contribution in [0.1, 0.15) is 34.1 Å². The molecular weight excluding hydrogens is 192 g/mol. The average molecular weight is 218 g/mol. The van der Waals surface area contributed by atoms with Crippen LogP contribution in [0.15, 0.2) is 0 Å². The SMILES string of the molecule is COC(C)CCO[Si](C)(C)C(C)(C)C. The van der Waals surface area contributed by atoms with Gasteiger partial charge in [0.15, 0.2) is 8.32 Å². The molecule has 86 valence electrons. The highest BCUT2D eigenvalue weighted by atomic mass is 28.4.